The van der Waals surface area contributed by atoms with E-state index in [4.69, 9.17) is 0 Å². The van der Waals surface area contributed by atoms with Crippen LogP contribution in [0.2, 0.25) is 0 Å². The first kappa shape index (κ1) is 15.3. The van der Waals surface area contributed by atoms with Gasteiger partial charge in [0.25, 0.3) is 5.82 Å². The molecule has 6 nitrogen and oxygen atoms in total. The number of nitrogens with one attached hydrogen (secondary N) is 2. The fraction of sp³-hybridized carbons (Fsp3) is 0.308. The molecule has 2 N–H and O–H groups in total. The van der Waals surface area contributed by atoms with Crippen LogP contribution in [0.25, 0.3) is 0 Å². The van der Waals surface area contributed by atoms with Gasteiger partial charge in [0.05, 0.1) is 6.54 Å². The van der Waals surface area contributed by atoms with Crippen LogP contribution in [0.1, 0.15) is 17.2 Å². The molecule has 0 bridgehead atoms. The minimum Gasteiger partial charge on any atom is -0.330 e. The monoisotopic (exact) mass is 329 g/mol. The lowest BCUT2D eigenvalue weighted by atomic mass is 10.2. The molecule has 1 aromatic carbocycles. The van der Waals surface area contributed by atoms with E-state index in [1.807, 2.05) is 0 Å². The maximum absolute atomic E-state index is 13.1. The second kappa shape index (κ2) is 5.52. The summed E-state index contributed by atoms with van der Waals surface area (Å²) in [6, 6.07) is 3.60. The Kier molecular flexibility index (Phi) is 3.66. The molecule has 10 heteroatoms. The van der Waals surface area contributed by atoms with Gasteiger partial charge in [0.15, 0.2) is 0 Å². The highest BCUT2D eigenvalue weighted by Gasteiger charge is 2.36. The number of anilines is 1. The zero-order valence-corrected chi connectivity index (χ0v) is 11.6. The molecule has 0 spiro atoms. The number of halogens is 4. The number of carbonyl (C=O) groups excluding carboxylic acids is 1. The summed E-state index contributed by atoms with van der Waals surface area (Å²) in [6.45, 7) is 0.143. The minimum atomic E-state index is -4.64. The lowest BCUT2D eigenvalue weighted by Gasteiger charge is -2.17. The van der Waals surface area contributed by atoms with Crippen molar-refractivity contribution in [3.63, 3.8) is 0 Å². The molecule has 0 saturated heterocycles. The predicted molar refractivity (Wildman–Crippen MR) is 71.1 cm³/mol. The van der Waals surface area contributed by atoms with E-state index in [-0.39, 0.29) is 18.2 Å². The Hall–Kier alpha value is -2.65. The molecule has 0 saturated carbocycles. The van der Waals surface area contributed by atoms with Gasteiger partial charge in [-0.1, -0.05) is 0 Å². The molecule has 1 aliphatic heterocycles. The van der Waals surface area contributed by atoms with Crippen LogP contribution in [-0.2, 0) is 19.1 Å². The number of urea groups is 1. The Morgan fingerprint density at radius 3 is 2.87 bits per heavy atom. The number of hydrogen-bond donors (Lipinski definition) is 2. The quantitative estimate of drug-likeness (QED) is 0.830. The lowest BCUT2D eigenvalue weighted by Crippen LogP contribution is -2.38. The van der Waals surface area contributed by atoms with E-state index in [1.54, 1.807) is 0 Å². The van der Waals surface area contributed by atoms with Crippen molar-refractivity contribution in [1.29, 1.82) is 0 Å². The van der Waals surface area contributed by atoms with Crippen LogP contribution in [0, 0.1) is 5.82 Å². The van der Waals surface area contributed by atoms with E-state index in [0.717, 1.165) is 0 Å². The molecule has 3 rings (SSSR count). The minimum absolute atomic E-state index is 0.107. The fourth-order valence-corrected chi connectivity index (χ4v) is 2.34. The van der Waals surface area contributed by atoms with Crippen LogP contribution in [0.15, 0.2) is 18.2 Å². The SMILES string of the molecule is O=C(NCc1nc(C(F)(F)F)n[nH]1)N1CCc2cc(F)ccc21. The van der Waals surface area contributed by atoms with Crippen molar-refractivity contribution in [3.8, 4) is 0 Å². The molecule has 0 atom stereocenters. The number of aromatic nitrogens is 3. The van der Waals surface area contributed by atoms with Crippen molar-refractivity contribution in [3.05, 3.63) is 41.2 Å². The lowest BCUT2D eigenvalue weighted by molar-refractivity contribution is -0.144. The normalized spacial score (nSPS) is 14.0. The third-order valence-electron chi connectivity index (χ3n) is 3.37. The number of carbonyl (C=O) groups is 1. The average molecular weight is 329 g/mol. The fourth-order valence-electron chi connectivity index (χ4n) is 2.34. The summed E-state index contributed by atoms with van der Waals surface area (Å²) >= 11 is 0. The number of amides is 2. The molecule has 0 radical (unpaired) electrons. The van der Waals surface area contributed by atoms with Gasteiger partial charge in [-0.15, -0.1) is 5.10 Å². The average Bonchev–Trinajstić information content (AvgIpc) is 3.10. The van der Waals surface area contributed by atoms with E-state index >= 15 is 0 Å². The summed E-state index contributed by atoms with van der Waals surface area (Å²) in [7, 11) is 0. The largest absolute Gasteiger partial charge is 0.453 e. The zero-order valence-electron chi connectivity index (χ0n) is 11.6. The van der Waals surface area contributed by atoms with Crippen LogP contribution in [0.5, 0.6) is 0 Å². The van der Waals surface area contributed by atoms with Crippen molar-refractivity contribution in [1.82, 2.24) is 20.5 Å². The number of aromatic amines is 1. The van der Waals surface area contributed by atoms with Gasteiger partial charge in [-0.25, -0.2) is 14.2 Å². The van der Waals surface area contributed by atoms with Crippen LogP contribution in [0.3, 0.4) is 0 Å². The van der Waals surface area contributed by atoms with Gasteiger partial charge in [-0.3, -0.25) is 10.00 Å². The number of alkyl halides is 3. The van der Waals surface area contributed by atoms with Gasteiger partial charge in [-0.2, -0.15) is 13.2 Å². The first-order chi connectivity index (χ1) is 10.8. The van der Waals surface area contributed by atoms with Crippen LogP contribution in [-0.4, -0.2) is 27.8 Å². The molecule has 1 aliphatic rings. The third kappa shape index (κ3) is 3.10. The highest BCUT2D eigenvalue weighted by Crippen LogP contribution is 2.28. The van der Waals surface area contributed by atoms with Crippen LogP contribution < -0.4 is 10.2 Å². The molecule has 2 heterocycles. The Morgan fingerprint density at radius 1 is 1.39 bits per heavy atom. The Bertz CT molecular complexity index is 742. The van der Waals surface area contributed by atoms with Crippen molar-refractivity contribution in [2.75, 3.05) is 11.4 Å². The molecule has 0 aliphatic carbocycles. The summed E-state index contributed by atoms with van der Waals surface area (Å²) in [6.07, 6.45) is -4.13. The van der Waals surface area contributed by atoms with Gasteiger partial charge in [0.1, 0.15) is 11.6 Å². The number of hydrogen-bond acceptors (Lipinski definition) is 3. The summed E-state index contributed by atoms with van der Waals surface area (Å²) in [5.41, 5.74) is 1.29. The smallest absolute Gasteiger partial charge is 0.330 e. The van der Waals surface area contributed by atoms with Gasteiger partial charge >= 0.3 is 12.2 Å². The van der Waals surface area contributed by atoms with E-state index in [2.05, 4.69) is 20.5 Å². The van der Waals surface area contributed by atoms with Crippen molar-refractivity contribution >= 4 is 11.7 Å². The van der Waals surface area contributed by atoms with Crippen LogP contribution >= 0.6 is 0 Å². The van der Waals surface area contributed by atoms with E-state index in [9.17, 15) is 22.4 Å². The van der Waals surface area contributed by atoms with Crippen LogP contribution in [0.4, 0.5) is 28.0 Å². The number of fused-ring (bicyclic) bond motifs is 1. The van der Waals surface area contributed by atoms with Crippen molar-refractivity contribution in [2.24, 2.45) is 0 Å². The molecular formula is C13H11F4N5O. The Labute approximate surface area is 127 Å². The summed E-state index contributed by atoms with van der Waals surface area (Å²) < 4.78 is 50.2. The maximum Gasteiger partial charge on any atom is 0.453 e. The number of rotatable bonds is 2. The second-order valence-electron chi connectivity index (χ2n) is 4.94. The van der Waals surface area contributed by atoms with Gasteiger partial charge < -0.3 is 5.32 Å². The van der Waals surface area contributed by atoms with Gasteiger partial charge in [0, 0.05) is 12.2 Å². The summed E-state index contributed by atoms with van der Waals surface area (Å²) in [5.74, 6) is -1.78. The van der Waals surface area contributed by atoms with Gasteiger partial charge in [-0.05, 0) is 30.2 Å². The van der Waals surface area contributed by atoms with E-state index < -0.39 is 18.0 Å². The van der Waals surface area contributed by atoms with E-state index in [0.29, 0.717) is 24.2 Å². The number of benzene rings is 1. The number of H-pyrrole nitrogens is 1. The summed E-state index contributed by atoms with van der Waals surface area (Å²) in [5, 5.41) is 7.62. The molecule has 2 aromatic rings. The van der Waals surface area contributed by atoms with E-state index in [1.165, 1.54) is 23.1 Å². The first-order valence-corrected chi connectivity index (χ1v) is 6.67. The molecule has 122 valence electrons. The Morgan fingerprint density at radius 2 is 2.17 bits per heavy atom. The zero-order chi connectivity index (χ0) is 16.6. The first-order valence-electron chi connectivity index (χ1n) is 6.67. The predicted octanol–water partition coefficient (Wildman–Crippen LogP) is 2.23. The Balaban J connectivity index is 1.64. The highest BCUT2D eigenvalue weighted by molar-refractivity contribution is 5.94. The standard InChI is InChI=1S/C13H11F4N5O/c14-8-1-2-9-7(5-8)3-4-22(9)12(23)18-6-10-19-11(21-20-10)13(15,16)17/h1-2,5H,3-4,6H2,(H,18,23)(H,19,20,21). The second-order valence-corrected chi connectivity index (χ2v) is 4.94. The van der Waals surface area contributed by atoms with Crippen molar-refractivity contribution < 1.29 is 22.4 Å². The van der Waals surface area contributed by atoms with Gasteiger partial charge in [0.2, 0.25) is 0 Å². The number of nitrogens with zero attached hydrogens (tertiary/aromatic N) is 3. The molecular weight excluding hydrogens is 318 g/mol. The topological polar surface area (TPSA) is 73.9 Å². The molecule has 2 amide bonds. The molecule has 0 fully saturated rings. The molecule has 23 heavy (non-hydrogen) atoms. The third-order valence-corrected chi connectivity index (χ3v) is 3.37. The molecule has 1 aromatic heterocycles. The summed E-state index contributed by atoms with van der Waals surface area (Å²) in [4.78, 5) is 16.8. The van der Waals surface area contributed by atoms with Crippen molar-refractivity contribution in [2.45, 2.75) is 19.1 Å². The maximum atomic E-state index is 13.1. The molecule has 0 unspecified atom stereocenters. The highest BCUT2D eigenvalue weighted by atomic mass is 19.4.